The molecule has 3 nitrogen and oxygen atoms in total. The molecule has 4 rings (SSSR count). The number of fused-ring (bicyclic) bond motifs is 3. The van der Waals surface area contributed by atoms with Gasteiger partial charge in [-0.05, 0) is 44.7 Å². The largest absolute Gasteiger partial charge is 0.370 e. The average Bonchev–Trinajstić information content (AvgIpc) is 2.32. The second kappa shape index (κ2) is 4.12. The van der Waals surface area contributed by atoms with E-state index in [1.807, 2.05) is 0 Å². The molecule has 4 heterocycles. The van der Waals surface area contributed by atoms with Gasteiger partial charge in [-0.1, -0.05) is 0 Å². The molecule has 1 N–H and O–H groups in total. The van der Waals surface area contributed by atoms with Gasteiger partial charge in [0.25, 0.3) is 0 Å². The van der Waals surface area contributed by atoms with Crippen LogP contribution in [0.3, 0.4) is 0 Å². The van der Waals surface area contributed by atoms with Crippen molar-refractivity contribution in [1.29, 1.82) is 0 Å². The first-order chi connectivity index (χ1) is 7.42. The molecule has 4 aliphatic heterocycles. The van der Waals surface area contributed by atoms with Gasteiger partial charge in [0, 0.05) is 25.6 Å². The zero-order valence-corrected chi connectivity index (χ0v) is 9.41. The zero-order valence-electron chi connectivity index (χ0n) is 9.41. The summed E-state index contributed by atoms with van der Waals surface area (Å²) in [5.74, 6) is 2.21. The van der Waals surface area contributed by atoms with Crippen molar-refractivity contribution < 1.29 is 0 Å². The van der Waals surface area contributed by atoms with E-state index in [0.29, 0.717) is 6.04 Å². The smallest absolute Gasteiger partial charge is 0.0965 e. The summed E-state index contributed by atoms with van der Waals surface area (Å²) in [6.07, 6.45) is 6.58. The maximum atomic E-state index is 4.59. The number of amidine groups is 1. The van der Waals surface area contributed by atoms with Gasteiger partial charge in [0.1, 0.15) is 0 Å². The van der Waals surface area contributed by atoms with Crippen LogP contribution in [0.4, 0.5) is 0 Å². The maximum Gasteiger partial charge on any atom is 0.0965 e. The molecule has 1 atom stereocenters. The molecular formula is C12H21N3. The molecule has 0 radical (unpaired) electrons. The molecule has 15 heavy (non-hydrogen) atoms. The number of aliphatic imine (C=N–C) groups is 1. The summed E-state index contributed by atoms with van der Waals surface area (Å²) in [5.41, 5.74) is 0. The highest BCUT2D eigenvalue weighted by molar-refractivity contribution is 5.83. The van der Waals surface area contributed by atoms with Crippen LogP contribution in [-0.2, 0) is 0 Å². The van der Waals surface area contributed by atoms with Gasteiger partial charge in [-0.15, -0.1) is 0 Å². The van der Waals surface area contributed by atoms with Gasteiger partial charge in [0.2, 0.25) is 0 Å². The van der Waals surface area contributed by atoms with Crippen molar-refractivity contribution in [2.75, 3.05) is 26.2 Å². The van der Waals surface area contributed by atoms with Crippen LogP contribution >= 0.6 is 0 Å². The highest BCUT2D eigenvalue weighted by Crippen LogP contribution is 2.27. The number of hydrogen-bond donors (Lipinski definition) is 1. The van der Waals surface area contributed by atoms with Crippen molar-refractivity contribution in [1.82, 2.24) is 10.2 Å². The molecule has 3 fully saturated rings. The van der Waals surface area contributed by atoms with Crippen LogP contribution in [0.15, 0.2) is 4.99 Å². The van der Waals surface area contributed by atoms with Crippen molar-refractivity contribution in [3.05, 3.63) is 0 Å². The van der Waals surface area contributed by atoms with Gasteiger partial charge < -0.3 is 10.2 Å². The second-order valence-electron chi connectivity index (χ2n) is 5.17. The van der Waals surface area contributed by atoms with E-state index in [1.165, 1.54) is 57.6 Å². The van der Waals surface area contributed by atoms with E-state index >= 15 is 0 Å². The van der Waals surface area contributed by atoms with E-state index in [-0.39, 0.29) is 0 Å². The molecule has 0 spiro atoms. The fourth-order valence-electron chi connectivity index (χ4n) is 3.16. The first-order valence-electron chi connectivity index (χ1n) is 6.44. The Balaban J connectivity index is 1.61. The highest BCUT2D eigenvalue weighted by Gasteiger charge is 2.34. The molecular weight excluding hydrogens is 186 g/mol. The van der Waals surface area contributed by atoms with Crippen LogP contribution in [-0.4, -0.2) is 43.0 Å². The molecule has 0 amide bonds. The fourth-order valence-corrected chi connectivity index (χ4v) is 3.16. The number of hydrogen-bond acceptors (Lipinski definition) is 3. The number of piperidine rings is 3. The third-order valence-corrected chi connectivity index (χ3v) is 4.13. The molecule has 2 bridgehead atoms. The number of nitrogens with zero attached hydrogens (tertiary/aromatic N) is 2. The standard InChI is InChI=1S/C12H21N3/c1-2-6-13-12(3-1)14-11-9-15-7-4-10(11)5-8-15/h10-11H,1-9H2,(H,13,14). The molecule has 4 aliphatic rings. The van der Waals surface area contributed by atoms with Crippen LogP contribution < -0.4 is 5.32 Å². The first-order valence-corrected chi connectivity index (χ1v) is 6.44. The lowest BCUT2D eigenvalue weighted by molar-refractivity contribution is 0.0809. The van der Waals surface area contributed by atoms with E-state index < -0.39 is 0 Å². The van der Waals surface area contributed by atoms with Crippen LogP contribution in [0.1, 0.15) is 32.1 Å². The number of nitrogens with one attached hydrogen (secondary N) is 1. The summed E-state index contributed by atoms with van der Waals surface area (Å²) in [6.45, 7) is 4.96. The normalized spacial score (nSPS) is 40.0. The highest BCUT2D eigenvalue weighted by atomic mass is 15.2. The summed E-state index contributed by atoms with van der Waals surface area (Å²) >= 11 is 0. The van der Waals surface area contributed by atoms with Gasteiger partial charge in [-0.2, -0.15) is 0 Å². The van der Waals surface area contributed by atoms with Gasteiger partial charge in [-0.25, -0.2) is 0 Å². The SMILES string of the molecule is C1CCC(NC2CN3CCC2CC3)=NC1. The summed E-state index contributed by atoms with van der Waals surface area (Å²) in [5, 5.41) is 3.70. The lowest BCUT2D eigenvalue weighted by atomic mass is 9.84. The Morgan fingerprint density at radius 2 is 2.07 bits per heavy atom. The summed E-state index contributed by atoms with van der Waals surface area (Å²) in [4.78, 5) is 7.19. The van der Waals surface area contributed by atoms with Gasteiger partial charge in [-0.3, -0.25) is 4.99 Å². The van der Waals surface area contributed by atoms with Gasteiger partial charge >= 0.3 is 0 Å². The molecule has 3 saturated heterocycles. The minimum Gasteiger partial charge on any atom is -0.370 e. The summed E-state index contributed by atoms with van der Waals surface area (Å²) in [7, 11) is 0. The van der Waals surface area contributed by atoms with Crippen LogP contribution in [0.25, 0.3) is 0 Å². The Morgan fingerprint density at radius 1 is 1.20 bits per heavy atom. The molecule has 84 valence electrons. The molecule has 0 aromatic carbocycles. The summed E-state index contributed by atoms with van der Waals surface area (Å²) < 4.78 is 0. The number of rotatable bonds is 1. The Bertz CT molecular complexity index is 254. The van der Waals surface area contributed by atoms with E-state index in [1.54, 1.807) is 0 Å². The van der Waals surface area contributed by atoms with Crippen molar-refractivity contribution in [2.24, 2.45) is 10.9 Å². The van der Waals surface area contributed by atoms with Gasteiger partial charge in [0.15, 0.2) is 0 Å². The molecule has 0 aromatic rings. The Labute approximate surface area is 91.9 Å². The van der Waals surface area contributed by atoms with E-state index in [0.717, 1.165) is 12.5 Å². The van der Waals surface area contributed by atoms with Crippen molar-refractivity contribution in [3.8, 4) is 0 Å². The lowest BCUT2D eigenvalue weighted by Crippen LogP contribution is -2.57. The fraction of sp³-hybridized carbons (Fsp3) is 0.917. The minimum absolute atomic E-state index is 0.698. The monoisotopic (exact) mass is 207 g/mol. The second-order valence-corrected chi connectivity index (χ2v) is 5.17. The van der Waals surface area contributed by atoms with Crippen molar-refractivity contribution in [2.45, 2.75) is 38.1 Å². The van der Waals surface area contributed by atoms with Crippen LogP contribution in [0.2, 0.25) is 0 Å². The topological polar surface area (TPSA) is 27.6 Å². The first kappa shape index (κ1) is 9.64. The molecule has 0 aliphatic carbocycles. The predicted molar refractivity (Wildman–Crippen MR) is 62.2 cm³/mol. The molecule has 0 aromatic heterocycles. The predicted octanol–water partition coefficient (Wildman–Crippen LogP) is 1.25. The Hall–Kier alpha value is -0.570. The zero-order chi connectivity index (χ0) is 10.1. The third-order valence-electron chi connectivity index (χ3n) is 4.13. The third kappa shape index (κ3) is 2.03. The molecule has 0 saturated carbocycles. The van der Waals surface area contributed by atoms with E-state index in [9.17, 15) is 0 Å². The van der Waals surface area contributed by atoms with E-state index in [4.69, 9.17) is 0 Å². The minimum atomic E-state index is 0.698. The van der Waals surface area contributed by atoms with Crippen molar-refractivity contribution >= 4 is 5.84 Å². The van der Waals surface area contributed by atoms with E-state index in [2.05, 4.69) is 15.2 Å². The van der Waals surface area contributed by atoms with Crippen LogP contribution in [0.5, 0.6) is 0 Å². The average molecular weight is 207 g/mol. The Morgan fingerprint density at radius 3 is 2.67 bits per heavy atom. The quantitative estimate of drug-likeness (QED) is 0.701. The van der Waals surface area contributed by atoms with Gasteiger partial charge in [0.05, 0.1) is 5.84 Å². The maximum absolute atomic E-state index is 4.59. The summed E-state index contributed by atoms with van der Waals surface area (Å²) in [6, 6.07) is 0.698. The molecule has 1 unspecified atom stereocenters. The Kier molecular flexibility index (Phi) is 2.65. The van der Waals surface area contributed by atoms with Crippen molar-refractivity contribution in [3.63, 3.8) is 0 Å². The van der Waals surface area contributed by atoms with Crippen LogP contribution in [0, 0.1) is 5.92 Å². The molecule has 3 heteroatoms. The lowest BCUT2D eigenvalue weighted by Gasteiger charge is -2.45.